The zero-order chi connectivity index (χ0) is 18.8. The van der Waals surface area contributed by atoms with Crippen molar-refractivity contribution in [2.45, 2.75) is 13.0 Å². The lowest BCUT2D eigenvalue weighted by atomic mass is 10.1. The highest BCUT2D eigenvalue weighted by Crippen LogP contribution is 2.29. The number of fused-ring (bicyclic) bond motifs is 3. The third kappa shape index (κ3) is 3.58. The quantitative estimate of drug-likeness (QED) is 0.475. The number of aromatic nitrogens is 1. The van der Waals surface area contributed by atoms with E-state index >= 15 is 0 Å². The van der Waals surface area contributed by atoms with E-state index in [1.165, 1.54) is 0 Å². The number of carbonyl (C=O) groups is 1. The summed E-state index contributed by atoms with van der Waals surface area (Å²) in [7, 11) is 1.66. The maximum atomic E-state index is 12.3. The molecule has 0 unspecified atom stereocenters. The molecule has 4 N–H and O–H groups in total. The molecule has 5 heteroatoms. The van der Waals surface area contributed by atoms with Crippen LogP contribution in [0.5, 0.6) is 5.75 Å². The Balaban J connectivity index is 1.49. The summed E-state index contributed by atoms with van der Waals surface area (Å²) in [5.41, 5.74) is 10.4. The lowest BCUT2D eigenvalue weighted by Crippen LogP contribution is -2.24. The molecular weight excluding hydrogens is 338 g/mol. The van der Waals surface area contributed by atoms with Crippen molar-refractivity contribution in [3.8, 4) is 5.75 Å². The third-order valence-electron chi connectivity index (χ3n) is 4.70. The van der Waals surface area contributed by atoms with Gasteiger partial charge in [0.1, 0.15) is 5.75 Å². The highest BCUT2D eigenvalue weighted by molar-refractivity contribution is 6.07. The Morgan fingerprint density at radius 1 is 0.963 bits per heavy atom. The molecule has 0 aliphatic rings. The van der Waals surface area contributed by atoms with Gasteiger partial charge in [-0.25, -0.2) is 0 Å². The zero-order valence-electron chi connectivity index (χ0n) is 15.1. The standard InChI is InChI=1S/C22H21N3O2/c1-27-17-7-9-19-18-8-4-15(10-20(18)25-21(19)12-17)11-22(26)24-13-14-2-5-16(23)6-3-14/h2-10,12,25H,11,13,23H2,1H3,(H,24,26). The maximum Gasteiger partial charge on any atom is 0.224 e. The molecule has 1 amide bonds. The Kier molecular flexibility index (Phi) is 4.42. The number of anilines is 1. The van der Waals surface area contributed by atoms with Gasteiger partial charge in [0.25, 0.3) is 0 Å². The van der Waals surface area contributed by atoms with Gasteiger partial charge in [0.2, 0.25) is 5.91 Å². The van der Waals surface area contributed by atoms with Crippen molar-refractivity contribution in [1.82, 2.24) is 10.3 Å². The average molecular weight is 359 g/mol. The molecule has 1 aromatic heterocycles. The highest BCUT2D eigenvalue weighted by atomic mass is 16.5. The van der Waals surface area contributed by atoms with Gasteiger partial charge in [-0.15, -0.1) is 0 Å². The number of aromatic amines is 1. The van der Waals surface area contributed by atoms with Gasteiger partial charge in [0.15, 0.2) is 0 Å². The van der Waals surface area contributed by atoms with Crippen molar-refractivity contribution < 1.29 is 9.53 Å². The van der Waals surface area contributed by atoms with Gasteiger partial charge in [-0.05, 0) is 41.5 Å². The summed E-state index contributed by atoms with van der Waals surface area (Å²) in [4.78, 5) is 15.7. The molecule has 0 saturated carbocycles. The Morgan fingerprint density at radius 2 is 1.63 bits per heavy atom. The number of nitrogen functional groups attached to an aromatic ring is 1. The first-order valence-electron chi connectivity index (χ1n) is 8.82. The van der Waals surface area contributed by atoms with Crippen molar-refractivity contribution in [2.24, 2.45) is 0 Å². The number of methoxy groups -OCH3 is 1. The fourth-order valence-electron chi connectivity index (χ4n) is 3.26. The summed E-state index contributed by atoms with van der Waals surface area (Å²) in [6.45, 7) is 0.494. The van der Waals surface area contributed by atoms with E-state index in [9.17, 15) is 4.79 Å². The summed E-state index contributed by atoms with van der Waals surface area (Å²) in [6, 6.07) is 19.6. The molecule has 5 nitrogen and oxygen atoms in total. The van der Waals surface area contributed by atoms with Crippen LogP contribution in [0, 0.1) is 0 Å². The minimum absolute atomic E-state index is 0.0102. The minimum Gasteiger partial charge on any atom is -0.497 e. The number of carbonyl (C=O) groups excluding carboxylic acids is 1. The first kappa shape index (κ1) is 17.0. The van der Waals surface area contributed by atoms with E-state index in [0.29, 0.717) is 18.7 Å². The molecular formula is C22H21N3O2. The topological polar surface area (TPSA) is 80.1 Å². The maximum absolute atomic E-state index is 12.3. The van der Waals surface area contributed by atoms with Crippen molar-refractivity contribution >= 4 is 33.4 Å². The first-order valence-corrected chi connectivity index (χ1v) is 8.82. The molecule has 0 aliphatic heterocycles. The zero-order valence-corrected chi connectivity index (χ0v) is 15.1. The lowest BCUT2D eigenvalue weighted by molar-refractivity contribution is -0.120. The molecule has 0 atom stereocenters. The summed E-state index contributed by atoms with van der Waals surface area (Å²) >= 11 is 0. The number of hydrogen-bond acceptors (Lipinski definition) is 3. The molecule has 27 heavy (non-hydrogen) atoms. The minimum atomic E-state index is -0.0102. The van der Waals surface area contributed by atoms with Crippen LogP contribution < -0.4 is 15.8 Å². The largest absolute Gasteiger partial charge is 0.497 e. The van der Waals surface area contributed by atoms with Crippen LogP contribution in [0.15, 0.2) is 60.7 Å². The fraction of sp³-hybridized carbons (Fsp3) is 0.136. The second kappa shape index (κ2) is 7.03. The Bertz CT molecular complexity index is 1110. The van der Waals surface area contributed by atoms with Gasteiger partial charge in [-0.2, -0.15) is 0 Å². The molecule has 0 fully saturated rings. The molecule has 0 radical (unpaired) electrons. The van der Waals surface area contributed by atoms with E-state index in [-0.39, 0.29) is 5.91 Å². The molecule has 0 saturated heterocycles. The Labute approximate surface area is 157 Å². The Morgan fingerprint density at radius 3 is 2.37 bits per heavy atom. The van der Waals surface area contributed by atoms with Crippen molar-refractivity contribution in [3.05, 3.63) is 71.8 Å². The molecule has 0 aliphatic carbocycles. The first-order chi connectivity index (χ1) is 13.1. The normalized spacial score (nSPS) is 11.0. The monoisotopic (exact) mass is 359 g/mol. The van der Waals surface area contributed by atoms with E-state index in [2.05, 4.69) is 16.4 Å². The number of hydrogen-bond donors (Lipinski definition) is 3. The summed E-state index contributed by atoms with van der Waals surface area (Å²) in [6.07, 6.45) is 0.337. The van der Waals surface area contributed by atoms with E-state index in [1.54, 1.807) is 7.11 Å². The van der Waals surface area contributed by atoms with Gasteiger partial charge < -0.3 is 20.8 Å². The molecule has 3 aromatic carbocycles. The molecule has 4 rings (SSSR count). The van der Waals surface area contributed by atoms with E-state index < -0.39 is 0 Å². The van der Waals surface area contributed by atoms with Gasteiger partial charge in [-0.1, -0.05) is 24.3 Å². The predicted octanol–water partition coefficient (Wildman–Crippen LogP) is 3.77. The number of benzene rings is 3. The number of ether oxygens (including phenoxy) is 1. The molecule has 0 bridgehead atoms. The number of H-pyrrole nitrogens is 1. The smallest absolute Gasteiger partial charge is 0.224 e. The molecule has 4 aromatic rings. The number of amides is 1. The summed E-state index contributed by atoms with van der Waals surface area (Å²) in [5.74, 6) is 0.806. The number of rotatable bonds is 5. The second-order valence-electron chi connectivity index (χ2n) is 6.61. The van der Waals surface area contributed by atoms with Crippen molar-refractivity contribution in [3.63, 3.8) is 0 Å². The van der Waals surface area contributed by atoms with Crippen LogP contribution >= 0.6 is 0 Å². The van der Waals surface area contributed by atoms with Crippen molar-refractivity contribution in [2.75, 3.05) is 12.8 Å². The fourth-order valence-corrected chi connectivity index (χ4v) is 3.26. The van der Waals surface area contributed by atoms with Crippen LogP contribution in [-0.2, 0) is 17.8 Å². The van der Waals surface area contributed by atoms with Crippen LogP contribution in [0.25, 0.3) is 21.8 Å². The average Bonchev–Trinajstić information content (AvgIpc) is 3.04. The van der Waals surface area contributed by atoms with E-state index in [0.717, 1.165) is 38.7 Å². The SMILES string of the molecule is COc1ccc2c(c1)[nH]c1cc(CC(=O)NCc3ccc(N)cc3)ccc12. The molecule has 0 spiro atoms. The van der Waals surface area contributed by atoms with Gasteiger partial charge in [0.05, 0.1) is 19.0 Å². The van der Waals surface area contributed by atoms with Gasteiger partial charge >= 0.3 is 0 Å². The van der Waals surface area contributed by atoms with Crippen LogP contribution in [0.2, 0.25) is 0 Å². The Hall–Kier alpha value is -3.47. The van der Waals surface area contributed by atoms with Crippen LogP contribution in [0.1, 0.15) is 11.1 Å². The highest BCUT2D eigenvalue weighted by Gasteiger charge is 2.08. The molecule has 1 heterocycles. The third-order valence-corrected chi connectivity index (χ3v) is 4.70. The van der Waals surface area contributed by atoms with E-state index in [1.807, 2.05) is 54.6 Å². The summed E-state index contributed by atoms with van der Waals surface area (Å²) in [5, 5.41) is 5.23. The summed E-state index contributed by atoms with van der Waals surface area (Å²) < 4.78 is 5.28. The second-order valence-corrected chi connectivity index (χ2v) is 6.61. The van der Waals surface area contributed by atoms with Crippen molar-refractivity contribution in [1.29, 1.82) is 0 Å². The van der Waals surface area contributed by atoms with Gasteiger partial charge in [0, 0.05) is 34.6 Å². The lowest BCUT2D eigenvalue weighted by Gasteiger charge is -2.06. The van der Waals surface area contributed by atoms with E-state index in [4.69, 9.17) is 10.5 Å². The van der Waals surface area contributed by atoms with Gasteiger partial charge in [-0.3, -0.25) is 4.79 Å². The number of nitrogens with one attached hydrogen (secondary N) is 2. The van der Waals surface area contributed by atoms with Crippen LogP contribution in [-0.4, -0.2) is 18.0 Å². The van der Waals surface area contributed by atoms with Crippen LogP contribution in [0.3, 0.4) is 0 Å². The predicted molar refractivity (Wildman–Crippen MR) is 109 cm³/mol. The number of nitrogens with two attached hydrogens (primary N) is 1. The molecule has 136 valence electrons. The van der Waals surface area contributed by atoms with Crippen LogP contribution in [0.4, 0.5) is 5.69 Å².